The molecular weight excluding hydrogens is 602 g/mol. The van der Waals surface area contributed by atoms with Crippen molar-refractivity contribution in [3.63, 3.8) is 0 Å². The number of nitrogens with one attached hydrogen (secondary N) is 1. The van der Waals surface area contributed by atoms with Crippen LogP contribution in [0.25, 0.3) is 44.9 Å². The minimum Gasteiger partial charge on any atom is -0.467 e. The molecule has 2 saturated heterocycles. The molecule has 6 aromatic rings. The lowest BCUT2D eigenvalue weighted by molar-refractivity contribution is -0.143. The van der Waals surface area contributed by atoms with Gasteiger partial charge in [0.25, 0.3) is 0 Å². The number of likely N-dealkylation sites (tertiary alicyclic amines) is 1. The number of ether oxygens (including phenoxy) is 1. The predicted molar refractivity (Wildman–Crippen MR) is 183 cm³/mol. The number of methoxy groups -OCH3 is 1. The summed E-state index contributed by atoms with van der Waals surface area (Å²) in [6.07, 6.45) is 6.33. The average molecular weight is 638 g/mol. The van der Waals surface area contributed by atoms with Gasteiger partial charge >= 0.3 is 5.97 Å². The third-order valence-corrected chi connectivity index (χ3v) is 9.40. The summed E-state index contributed by atoms with van der Waals surface area (Å²) in [4.78, 5) is 40.2. The molecule has 8 rings (SSSR count). The summed E-state index contributed by atoms with van der Waals surface area (Å²) in [5.41, 5.74) is 6.60. The van der Waals surface area contributed by atoms with Gasteiger partial charge in [-0.15, -0.1) is 0 Å². The lowest BCUT2D eigenvalue weighted by Gasteiger charge is -2.38. The highest BCUT2D eigenvalue weighted by Gasteiger charge is 2.37. The summed E-state index contributed by atoms with van der Waals surface area (Å²) >= 11 is 0. The van der Waals surface area contributed by atoms with Crippen molar-refractivity contribution in [2.45, 2.75) is 37.8 Å². The van der Waals surface area contributed by atoms with Crippen molar-refractivity contribution in [2.24, 2.45) is 0 Å². The number of aromatic amines is 1. The quantitative estimate of drug-likeness (QED) is 0.209. The molecule has 2 fully saturated rings. The highest BCUT2D eigenvalue weighted by molar-refractivity contribution is 5.90. The van der Waals surface area contributed by atoms with Gasteiger partial charge in [0.1, 0.15) is 17.6 Å². The van der Waals surface area contributed by atoms with Gasteiger partial charge in [-0.25, -0.2) is 19.7 Å². The highest BCUT2D eigenvalue weighted by atomic mass is 16.5. The molecule has 0 bridgehead atoms. The zero-order valence-corrected chi connectivity index (χ0v) is 26.7. The van der Waals surface area contributed by atoms with Crippen LogP contribution in [0.1, 0.15) is 36.6 Å². The molecule has 11 heteroatoms. The van der Waals surface area contributed by atoms with Gasteiger partial charge in [0.15, 0.2) is 11.5 Å². The number of carbonyl (C=O) groups is 1. The van der Waals surface area contributed by atoms with Crippen molar-refractivity contribution in [1.82, 2.24) is 40.0 Å². The second-order valence-electron chi connectivity index (χ2n) is 12.4. The maximum Gasteiger partial charge on any atom is 0.328 e. The zero-order chi connectivity index (χ0) is 32.5. The molecule has 0 aliphatic carbocycles. The Morgan fingerprint density at radius 3 is 2.42 bits per heavy atom. The Labute approximate surface area is 278 Å². The Hall–Kier alpha value is -5.55. The average Bonchev–Trinajstić information content (AvgIpc) is 3.63. The molecule has 2 aromatic carbocycles. The summed E-state index contributed by atoms with van der Waals surface area (Å²) in [5.74, 6) is 2.18. The first-order valence-electron chi connectivity index (χ1n) is 16.4. The maximum absolute atomic E-state index is 12.2. The maximum atomic E-state index is 12.2. The summed E-state index contributed by atoms with van der Waals surface area (Å²) in [5, 5.41) is 8.41. The normalized spacial score (nSPS) is 16.9. The fourth-order valence-electron chi connectivity index (χ4n) is 6.62. The van der Waals surface area contributed by atoms with Gasteiger partial charge in [0.05, 0.1) is 12.8 Å². The Bertz CT molecular complexity index is 2040. The molecule has 0 spiro atoms. The first kappa shape index (κ1) is 29.8. The molecule has 1 atom stereocenters. The number of benzene rings is 2. The number of piperidine rings is 1. The van der Waals surface area contributed by atoms with E-state index in [4.69, 9.17) is 19.7 Å². The van der Waals surface area contributed by atoms with Crippen molar-refractivity contribution in [3.05, 3.63) is 103 Å². The molecule has 6 heterocycles. The second kappa shape index (κ2) is 12.9. The molecular formula is C37H35N9O2. The van der Waals surface area contributed by atoms with E-state index in [2.05, 4.69) is 67.5 Å². The minimum atomic E-state index is -0.360. The van der Waals surface area contributed by atoms with Crippen LogP contribution in [0, 0.1) is 0 Å². The van der Waals surface area contributed by atoms with Crippen LogP contribution >= 0.6 is 0 Å². The van der Waals surface area contributed by atoms with Crippen LogP contribution in [-0.2, 0) is 16.1 Å². The number of aromatic nitrogens is 7. The van der Waals surface area contributed by atoms with Crippen LogP contribution in [0.4, 0.5) is 5.95 Å². The highest BCUT2D eigenvalue weighted by Crippen LogP contribution is 2.35. The van der Waals surface area contributed by atoms with Crippen LogP contribution in [0.2, 0.25) is 0 Å². The fourth-order valence-corrected chi connectivity index (χ4v) is 6.62. The predicted octanol–water partition coefficient (Wildman–Crippen LogP) is 5.67. The molecule has 4 aromatic heterocycles. The van der Waals surface area contributed by atoms with Crippen LogP contribution in [0.5, 0.6) is 0 Å². The Morgan fingerprint density at radius 2 is 1.69 bits per heavy atom. The van der Waals surface area contributed by atoms with Crippen molar-refractivity contribution < 1.29 is 9.53 Å². The van der Waals surface area contributed by atoms with E-state index in [-0.39, 0.29) is 12.0 Å². The summed E-state index contributed by atoms with van der Waals surface area (Å²) in [6.45, 7) is 3.57. The fraction of sp³-hybridized carbons (Fsp3) is 0.270. The number of pyridine rings is 2. The molecule has 1 N–H and O–H groups in total. The van der Waals surface area contributed by atoms with Crippen molar-refractivity contribution >= 4 is 23.0 Å². The number of esters is 1. The van der Waals surface area contributed by atoms with Crippen molar-refractivity contribution in [3.8, 4) is 33.9 Å². The standard InChI is InChI=1S/C37H35N9O2/c1-48-36(47)31-16-20-46(31)37-39-22-28-21-29(25-7-3-2-4-8-25)32(40-33(28)42-37)26-12-10-24(11-13-26)23-45-18-14-27(15-19-45)34-41-35(44-43-34)30-9-5-6-17-38-30/h2-13,17,21-22,27,31H,14-16,18-20,23H2,1H3,(H,41,43,44). The Morgan fingerprint density at radius 1 is 0.875 bits per heavy atom. The van der Waals surface area contributed by atoms with Crippen LogP contribution in [-0.4, -0.2) is 78.8 Å². The number of hydrogen-bond acceptors (Lipinski definition) is 10. The number of anilines is 1. The number of fused-ring (bicyclic) bond motifs is 1. The molecule has 0 saturated carbocycles. The monoisotopic (exact) mass is 637 g/mol. The summed E-state index contributed by atoms with van der Waals surface area (Å²) in [7, 11) is 1.41. The summed E-state index contributed by atoms with van der Waals surface area (Å²) < 4.78 is 4.97. The van der Waals surface area contributed by atoms with Gasteiger partial charge in [0.2, 0.25) is 5.95 Å². The van der Waals surface area contributed by atoms with E-state index >= 15 is 0 Å². The van der Waals surface area contributed by atoms with Gasteiger partial charge in [-0.05, 0) is 61.7 Å². The topological polar surface area (TPSA) is 126 Å². The van der Waals surface area contributed by atoms with E-state index in [1.807, 2.05) is 41.3 Å². The summed E-state index contributed by atoms with van der Waals surface area (Å²) in [6, 6.07) is 26.5. The van der Waals surface area contributed by atoms with Crippen LogP contribution in [0.15, 0.2) is 91.3 Å². The van der Waals surface area contributed by atoms with Gasteiger partial charge in [-0.3, -0.25) is 15.0 Å². The largest absolute Gasteiger partial charge is 0.467 e. The molecule has 0 amide bonds. The van der Waals surface area contributed by atoms with E-state index in [1.165, 1.54) is 12.7 Å². The number of rotatable bonds is 8. The number of nitrogens with zero attached hydrogens (tertiary/aromatic N) is 8. The minimum absolute atomic E-state index is 0.271. The molecule has 2 aliphatic rings. The lowest BCUT2D eigenvalue weighted by Crippen LogP contribution is -2.53. The third kappa shape index (κ3) is 5.88. The van der Waals surface area contributed by atoms with Gasteiger partial charge < -0.3 is 9.64 Å². The molecule has 11 nitrogen and oxygen atoms in total. The number of H-pyrrole nitrogens is 1. The molecule has 2 aliphatic heterocycles. The zero-order valence-electron chi connectivity index (χ0n) is 26.7. The Kier molecular flexibility index (Phi) is 8.03. The van der Waals surface area contributed by atoms with Crippen LogP contribution in [0.3, 0.4) is 0 Å². The molecule has 48 heavy (non-hydrogen) atoms. The van der Waals surface area contributed by atoms with E-state index in [1.54, 1.807) is 12.4 Å². The third-order valence-electron chi connectivity index (χ3n) is 9.40. The van der Waals surface area contributed by atoms with E-state index in [0.717, 1.165) is 78.2 Å². The lowest BCUT2D eigenvalue weighted by atomic mass is 9.95. The van der Waals surface area contributed by atoms with Gasteiger partial charge in [0, 0.05) is 47.9 Å². The smallest absolute Gasteiger partial charge is 0.328 e. The van der Waals surface area contributed by atoms with E-state index in [0.29, 0.717) is 29.9 Å². The van der Waals surface area contributed by atoms with Gasteiger partial charge in [-0.2, -0.15) is 10.1 Å². The van der Waals surface area contributed by atoms with Crippen molar-refractivity contribution in [1.29, 1.82) is 0 Å². The van der Waals surface area contributed by atoms with E-state index in [9.17, 15) is 4.79 Å². The Balaban J connectivity index is 0.997. The number of carbonyl (C=O) groups excluding carboxylic acids is 1. The second-order valence-corrected chi connectivity index (χ2v) is 12.4. The molecule has 1 unspecified atom stereocenters. The first-order chi connectivity index (χ1) is 23.6. The van der Waals surface area contributed by atoms with Gasteiger partial charge in [-0.1, -0.05) is 60.7 Å². The van der Waals surface area contributed by atoms with Crippen LogP contribution < -0.4 is 4.90 Å². The number of hydrogen-bond donors (Lipinski definition) is 1. The molecule has 0 radical (unpaired) electrons. The van der Waals surface area contributed by atoms with Crippen molar-refractivity contribution in [2.75, 3.05) is 31.6 Å². The van der Waals surface area contributed by atoms with E-state index < -0.39 is 0 Å². The SMILES string of the molecule is COC(=O)C1CCN1c1ncc2cc(-c3ccccc3)c(-c3ccc(CN4CCC(c5nc(-c6ccccn6)n[nH]5)CC4)cc3)nc2n1. The molecule has 240 valence electrons. The first-order valence-corrected chi connectivity index (χ1v) is 16.4.